The molecule has 1 saturated heterocycles. The highest BCUT2D eigenvalue weighted by Crippen LogP contribution is 2.23. The summed E-state index contributed by atoms with van der Waals surface area (Å²) >= 11 is 0. The van der Waals surface area contributed by atoms with Crippen molar-refractivity contribution < 1.29 is 19.1 Å². The first-order valence-corrected chi connectivity index (χ1v) is 10.8. The largest absolute Gasteiger partial charge is 0.497 e. The molecule has 0 bridgehead atoms. The van der Waals surface area contributed by atoms with Gasteiger partial charge in [-0.1, -0.05) is 24.3 Å². The molecule has 8 nitrogen and oxygen atoms in total. The van der Waals surface area contributed by atoms with Crippen LogP contribution in [0.25, 0.3) is 0 Å². The van der Waals surface area contributed by atoms with Crippen LogP contribution in [0.2, 0.25) is 0 Å². The molecule has 3 rings (SSSR count). The maximum Gasteiger partial charge on any atom is 0.309 e. The molecule has 2 aromatic rings. The molecule has 1 unspecified atom stereocenters. The van der Waals surface area contributed by atoms with Crippen LogP contribution in [-0.2, 0) is 20.9 Å². The van der Waals surface area contributed by atoms with Crippen molar-refractivity contribution in [3.8, 4) is 5.75 Å². The Balaban J connectivity index is 1.60. The first-order valence-electron chi connectivity index (χ1n) is 10.8. The average molecular weight is 441 g/mol. The van der Waals surface area contributed by atoms with Crippen molar-refractivity contribution in [2.75, 3.05) is 59.0 Å². The molecule has 2 aromatic carbocycles. The van der Waals surface area contributed by atoms with E-state index >= 15 is 0 Å². The van der Waals surface area contributed by atoms with Gasteiger partial charge in [0.2, 0.25) is 0 Å². The van der Waals surface area contributed by atoms with Crippen LogP contribution >= 0.6 is 0 Å². The Kier molecular flexibility index (Phi) is 8.47. The lowest BCUT2D eigenvalue weighted by atomic mass is 10.0. The minimum atomic E-state index is -0.656. The van der Waals surface area contributed by atoms with Crippen molar-refractivity contribution in [1.82, 2.24) is 15.5 Å². The lowest BCUT2D eigenvalue weighted by Gasteiger charge is -2.35. The van der Waals surface area contributed by atoms with Gasteiger partial charge in [-0.25, -0.2) is 0 Å². The van der Waals surface area contributed by atoms with E-state index in [0.29, 0.717) is 25.5 Å². The Morgan fingerprint density at radius 1 is 1.06 bits per heavy atom. The second kappa shape index (κ2) is 11.5. The van der Waals surface area contributed by atoms with E-state index in [-0.39, 0.29) is 12.6 Å². The fraction of sp³-hybridized carbons (Fsp3) is 0.417. The normalized spacial score (nSPS) is 15.0. The van der Waals surface area contributed by atoms with Crippen LogP contribution in [0.15, 0.2) is 48.5 Å². The second-order valence-corrected chi connectivity index (χ2v) is 7.89. The monoisotopic (exact) mass is 440 g/mol. The maximum atomic E-state index is 12.5. The van der Waals surface area contributed by atoms with Gasteiger partial charge in [-0.15, -0.1) is 0 Å². The van der Waals surface area contributed by atoms with E-state index in [0.717, 1.165) is 29.9 Å². The highest BCUT2D eigenvalue weighted by atomic mass is 16.5. The number of anilines is 1. The predicted octanol–water partition coefficient (Wildman–Crippen LogP) is 1.57. The summed E-state index contributed by atoms with van der Waals surface area (Å²) in [5.74, 6) is -0.595. The molecule has 0 aromatic heterocycles. The molecule has 0 saturated carbocycles. The van der Waals surface area contributed by atoms with Crippen LogP contribution in [0.3, 0.4) is 0 Å². The van der Waals surface area contributed by atoms with Crippen LogP contribution in [0.5, 0.6) is 5.75 Å². The summed E-state index contributed by atoms with van der Waals surface area (Å²) in [6, 6.07) is 15.6. The minimum absolute atomic E-state index is 0.0368. The number of hydrogen-bond acceptors (Lipinski definition) is 6. The van der Waals surface area contributed by atoms with E-state index in [1.54, 1.807) is 7.11 Å². The molecule has 0 radical (unpaired) electrons. The summed E-state index contributed by atoms with van der Waals surface area (Å²) in [6.07, 6.45) is 0. The lowest BCUT2D eigenvalue weighted by Crippen LogP contribution is -2.46. The fourth-order valence-corrected chi connectivity index (χ4v) is 3.66. The number of carbonyl (C=O) groups excluding carboxylic acids is 2. The van der Waals surface area contributed by atoms with Crippen molar-refractivity contribution in [3.63, 3.8) is 0 Å². The predicted molar refractivity (Wildman–Crippen MR) is 124 cm³/mol. The van der Waals surface area contributed by atoms with Crippen LogP contribution in [0.1, 0.15) is 17.2 Å². The molecular formula is C24H32N4O4. The molecule has 2 N–H and O–H groups in total. The number of ether oxygens (including phenoxy) is 2. The topological polar surface area (TPSA) is 83.1 Å². The summed E-state index contributed by atoms with van der Waals surface area (Å²) in [6.45, 7) is 3.45. The zero-order valence-electron chi connectivity index (χ0n) is 19.0. The average Bonchev–Trinajstić information content (AvgIpc) is 2.83. The van der Waals surface area contributed by atoms with Gasteiger partial charge in [0.1, 0.15) is 5.75 Å². The highest BCUT2D eigenvalue weighted by molar-refractivity contribution is 6.35. The minimum Gasteiger partial charge on any atom is -0.497 e. The molecule has 0 aliphatic carbocycles. The smallest absolute Gasteiger partial charge is 0.309 e. The van der Waals surface area contributed by atoms with Gasteiger partial charge in [0.25, 0.3) is 0 Å². The van der Waals surface area contributed by atoms with Gasteiger partial charge in [-0.3, -0.25) is 14.5 Å². The van der Waals surface area contributed by atoms with Gasteiger partial charge in [0.05, 0.1) is 26.4 Å². The summed E-state index contributed by atoms with van der Waals surface area (Å²) in [7, 11) is 5.59. The number of nitrogens with one attached hydrogen (secondary N) is 2. The molecular weight excluding hydrogens is 408 g/mol. The molecule has 1 aliphatic heterocycles. The van der Waals surface area contributed by atoms with Crippen LogP contribution in [-0.4, -0.2) is 70.8 Å². The lowest BCUT2D eigenvalue weighted by molar-refractivity contribution is -0.139. The van der Waals surface area contributed by atoms with E-state index < -0.39 is 11.8 Å². The van der Waals surface area contributed by atoms with Gasteiger partial charge >= 0.3 is 11.8 Å². The van der Waals surface area contributed by atoms with Crippen molar-refractivity contribution in [3.05, 3.63) is 59.7 Å². The molecule has 1 aliphatic rings. The zero-order chi connectivity index (χ0) is 22.9. The molecule has 2 amide bonds. The van der Waals surface area contributed by atoms with Gasteiger partial charge in [-0.05, 0) is 35.4 Å². The number of carbonyl (C=O) groups is 2. The number of rotatable bonds is 8. The molecule has 172 valence electrons. The van der Waals surface area contributed by atoms with Crippen LogP contribution < -0.4 is 20.3 Å². The van der Waals surface area contributed by atoms with Gasteiger partial charge < -0.3 is 25.0 Å². The third-order valence-electron chi connectivity index (χ3n) is 5.53. The SMILES string of the molecule is COc1cccc(CNC(=O)C(=O)NCC(c2ccc(N(C)C)cc2)N2CCOCC2)c1. The van der Waals surface area contributed by atoms with Gasteiger partial charge in [0, 0.05) is 46.0 Å². The first-order chi connectivity index (χ1) is 15.5. The van der Waals surface area contributed by atoms with Crippen molar-refractivity contribution >= 4 is 17.5 Å². The highest BCUT2D eigenvalue weighted by Gasteiger charge is 2.24. The quantitative estimate of drug-likeness (QED) is 0.607. The van der Waals surface area contributed by atoms with Crippen molar-refractivity contribution in [2.45, 2.75) is 12.6 Å². The second-order valence-electron chi connectivity index (χ2n) is 7.89. The number of methoxy groups -OCH3 is 1. The van der Waals surface area contributed by atoms with Crippen LogP contribution in [0.4, 0.5) is 5.69 Å². The van der Waals surface area contributed by atoms with E-state index in [2.05, 4.69) is 39.8 Å². The van der Waals surface area contributed by atoms with Crippen molar-refractivity contribution in [1.29, 1.82) is 0 Å². The van der Waals surface area contributed by atoms with E-state index in [4.69, 9.17) is 9.47 Å². The number of amides is 2. The molecule has 32 heavy (non-hydrogen) atoms. The molecule has 8 heteroatoms. The molecule has 0 spiro atoms. The Morgan fingerprint density at radius 2 is 1.75 bits per heavy atom. The van der Waals surface area contributed by atoms with Gasteiger partial charge in [0.15, 0.2) is 0 Å². The first kappa shape index (κ1) is 23.6. The summed E-state index contributed by atoms with van der Waals surface area (Å²) < 4.78 is 10.7. The molecule has 1 heterocycles. The summed E-state index contributed by atoms with van der Waals surface area (Å²) in [5, 5.41) is 5.47. The molecule has 1 fully saturated rings. The third-order valence-corrected chi connectivity index (χ3v) is 5.53. The Hall–Kier alpha value is -3.10. The Labute approximate surface area is 189 Å². The van der Waals surface area contributed by atoms with E-state index in [1.165, 1.54) is 0 Å². The number of nitrogens with zero attached hydrogens (tertiary/aromatic N) is 2. The van der Waals surface area contributed by atoms with E-state index in [9.17, 15) is 9.59 Å². The van der Waals surface area contributed by atoms with Crippen molar-refractivity contribution in [2.24, 2.45) is 0 Å². The fourth-order valence-electron chi connectivity index (χ4n) is 3.66. The Bertz CT molecular complexity index is 895. The number of morpholine rings is 1. The van der Waals surface area contributed by atoms with Gasteiger partial charge in [-0.2, -0.15) is 0 Å². The number of hydrogen-bond donors (Lipinski definition) is 2. The Morgan fingerprint density at radius 3 is 2.41 bits per heavy atom. The standard InChI is InChI=1S/C24H32N4O4/c1-27(2)20-9-7-19(8-10-20)22(28-11-13-32-14-12-28)17-26-24(30)23(29)25-16-18-5-4-6-21(15-18)31-3/h4-10,15,22H,11-14,16-17H2,1-3H3,(H,25,29)(H,26,30). The maximum absolute atomic E-state index is 12.5. The summed E-state index contributed by atoms with van der Waals surface area (Å²) in [5.41, 5.74) is 3.06. The number of benzene rings is 2. The van der Waals surface area contributed by atoms with E-state index in [1.807, 2.05) is 43.3 Å². The van der Waals surface area contributed by atoms with Crippen LogP contribution in [0, 0.1) is 0 Å². The molecule has 1 atom stereocenters. The zero-order valence-corrected chi connectivity index (χ0v) is 19.0. The summed E-state index contributed by atoms with van der Waals surface area (Å²) in [4.78, 5) is 29.1. The third kappa shape index (κ3) is 6.45.